The van der Waals surface area contributed by atoms with Gasteiger partial charge in [0.05, 0.1) is 16.7 Å². The van der Waals surface area contributed by atoms with Crippen molar-refractivity contribution in [2.24, 2.45) is 0 Å². The topological polar surface area (TPSA) is 24.9 Å². The van der Waals surface area contributed by atoms with E-state index in [-0.39, 0.29) is 6.04 Å². The van der Waals surface area contributed by atoms with Crippen LogP contribution < -0.4 is 5.32 Å². The van der Waals surface area contributed by atoms with E-state index in [1.54, 1.807) is 22.7 Å². The largest absolute Gasteiger partial charge is 0.305 e. The third-order valence-corrected chi connectivity index (χ3v) is 3.90. The standard InChI is InChI=1S/C12H16N2S2/c1-3-5-13-12(10-4-6-15-7-10)11-8-16-9(2)14-11/h4,6-8,12-13H,3,5H2,1-2H3. The lowest BCUT2D eigenvalue weighted by Gasteiger charge is -2.15. The number of nitrogens with zero attached hydrogens (tertiary/aromatic N) is 1. The highest BCUT2D eigenvalue weighted by molar-refractivity contribution is 7.09. The van der Waals surface area contributed by atoms with Crippen molar-refractivity contribution in [1.82, 2.24) is 10.3 Å². The van der Waals surface area contributed by atoms with E-state index in [1.165, 1.54) is 5.56 Å². The van der Waals surface area contributed by atoms with Gasteiger partial charge in [-0.15, -0.1) is 11.3 Å². The predicted molar refractivity (Wildman–Crippen MR) is 71.3 cm³/mol. The van der Waals surface area contributed by atoms with Gasteiger partial charge in [0.25, 0.3) is 0 Å². The molecule has 0 fully saturated rings. The zero-order chi connectivity index (χ0) is 11.4. The molecule has 0 bridgehead atoms. The Morgan fingerprint density at radius 3 is 2.88 bits per heavy atom. The first kappa shape index (κ1) is 11.8. The summed E-state index contributed by atoms with van der Waals surface area (Å²) in [6.45, 7) is 5.26. The molecule has 1 atom stereocenters. The molecule has 86 valence electrons. The highest BCUT2D eigenvalue weighted by atomic mass is 32.1. The van der Waals surface area contributed by atoms with E-state index in [0.29, 0.717) is 0 Å². The summed E-state index contributed by atoms with van der Waals surface area (Å²) in [7, 11) is 0. The second-order valence-electron chi connectivity index (χ2n) is 3.74. The van der Waals surface area contributed by atoms with Crippen LogP contribution in [0.1, 0.15) is 35.7 Å². The van der Waals surface area contributed by atoms with Crippen molar-refractivity contribution in [2.75, 3.05) is 6.54 Å². The molecule has 0 amide bonds. The molecule has 2 nitrogen and oxygen atoms in total. The Hall–Kier alpha value is -0.710. The molecule has 1 N–H and O–H groups in total. The van der Waals surface area contributed by atoms with Crippen LogP contribution in [0.3, 0.4) is 0 Å². The average Bonchev–Trinajstić information content (AvgIpc) is 2.91. The van der Waals surface area contributed by atoms with Crippen molar-refractivity contribution < 1.29 is 0 Å². The smallest absolute Gasteiger partial charge is 0.0898 e. The number of thiazole rings is 1. The van der Waals surface area contributed by atoms with Crippen LogP contribution in [0.2, 0.25) is 0 Å². The zero-order valence-corrected chi connectivity index (χ0v) is 11.2. The van der Waals surface area contributed by atoms with Gasteiger partial charge in [0.15, 0.2) is 0 Å². The highest BCUT2D eigenvalue weighted by Crippen LogP contribution is 2.25. The number of hydrogen-bond acceptors (Lipinski definition) is 4. The van der Waals surface area contributed by atoms with Gasteiger partial charge in [-0.2, -0.15) is 11.3 Å². The molecule has 0 aliphatic heterocycles. The number of aryl methyl sites for hydroxylation is 1. The summed E-state index contributed by atoms with van der Waals surface area (Å²) in [5, 5.41) is 11.2. The van der Waals surface area contributed by atoms with E-state index in [4.69, 9.17) is 0 Å². The molecule has 0 spiro atoms. The first-order valence-electron chi connectivity index (χ1n) is 5.48. The molecule has 0 aliphatic rings. The Kier molecular flexibility index (Phi) is 4.09. The number of rotatable bonds is 5. The summed E-state index contributed by atoms with van der Waals surface area (Å²) in [6.07, 6.45) is 1.14. The van der Waals surface area contributed by atoms with Crippen molar-refractivity contribution in [1.29, 1.82) is 0 Å². The van der Waals surface area contributed by atoms with Crippen LogP contribution in [0.4, 0.5) is 0 Å². The number of aromatic nitrogens is 1. The third-order valence-electron chi connectivity index (χ3n) is 2.41. The van der Waals surface area contributed by atoms with Gasteiger partial charge < -0.3 is 5.32 Å². The van der Waals surface area contributed by atoms with Crippen molar-refractivity contribution in [3.63, 3.8) is 0 Å². The molecule has 2 aromatic heterocycles. The maximum absolute atomic E-state index is 4.58. The molecule has 0 saturated carbocycles. The van der Waals surface area contributed by atoms with Crippen LogP contribution in [0.5, 0.6) is 0 Å². The van der Waals surface area contributed by atoms with Crippen LogP contribution in [-0.4, -0.2) is 11.5 Å². The van der Waals surface area contributed by atoms with E-state index >= 15 is 0 Å². The highest BCUT2D eigenvalue weighted by Gasteiger charge is 2.16. The van der Waals surface area contributed by atoms with E-state index in [2.05, 4.69) is 46.4 Å². The van der Waals surface area contributed by atoms with Crippen LogP contribution in [0.25, 0.3) is 0 Å². The molecule has 2 rings (SSSR count). The van der Waals surface area contributed by atoms with Gasteiger partial charge in [-0.1, -0.05) is 6.92 Å². The van der Waals surface area contributed by atoms with E-state index in [1.807, 2.05) is 0 Å². The molecule has 2 aromatic rings. The number of nitrogens with one attached hydrogen (secondary N) is 1. The Labute approximate surface area is 104 Å². The first-order valence-corrected chi connectivity index (χ1v) is 7.31. The minimum Gasteiger partial charge on any atom is -0.305 e. The molecule has 1 unspecified atom stereocenters. The summed E-state index contributed by atoms with van der Waals surface area (Å²) in [5.74, 6) is 0. The van der Waals surface area contributed by atoms with Gasteiger partial charge in [-0.25, -0.2) is 4.98 Å². The van der Waals surface area contributed by atoms with E-state index < -0.39 is 0 Å². The van der Waals surface area contributed by atoms with E-state index in [9.17, 15) is 0 Å². The molecule has 16 heavy (non-hydrogen) atoms. The van der Waals surface area contributed by atoms with Crippen molar-refractivity contribution in [2.45, 2.75) is 26.3 Å². The second kappa shape index (κ2) is 5.57. The fraction of sp³-hybridized carbons (Fsp3) is 0.417. The van der Waals surface area contributed by atoms with Crippen molar-refractivity contribution >= 4 is 22.7 Å². The van der Waals surface area contributed by atoms with Gasteiger partial charge in [0, 0.05) is 5.38 Å². The SMILES string of the molecule is CCCNC(c1ccsc1)c1csc(C)n1. The molecular weight excluding hydrogens is 236 g/mol. The molecule has 0 aliphatic carbocycles. The predicted octanol–water partition coefficient (Wildman–Crippen LogP) is 3.60. The summed E-state index contributed by atoms with van der Waals surface area (Å²) >= 11 is 3.45. The lowest BCUT2D eigenvalue weighted by molar-refractivity contribution is 0.589. The third kappa shape index (κ3) is 2.70. The second-order valence-corrected chi connectivity index (χ2v) is 5.58. The fourth-order valence-corrected chi connectivity index (χ4v) is 2.96. The molecule has 2 heterocycles. The monoisotopic (exact) mass is 252 g/mol. The molecular formula is C12H16N2S2. The van der Waals surface area contributed by atoms with Gasteiger partial charge >= 0.3 is 0 Å². The fourth-order valence-electron chi connectivity index (χ4n) is 1.63. The zero-order valence-electron chi connectivity index (χ0n) is 9.56. The van der Waals surface area contributed by atoms with E-state index in [0.717, 1.165) is 23.7 Å². The molecule has 4 heteroatoms. The minimum absolute atomic E-state index is 0.260. The Balaban J connectivity index is 2.21. The summed E-state index contributed by atoms with van der Waals surface area (Å²) in [6, 6.07) is 2.43. The summed E-state index contributed by atoms with van der Waals surface area (Å²) in [4.78, 5) is 4.58. The van der Waals surface area contributed by atoms with Crippen LogP contribution >= 0.6 is 22.7 Å². The lowest BCUT2D eigenvalue weighted by atomic mass is 10.1. The Morgan fingerprint density at radius 2 is 2.31 bits per heavy atom. The van der Waals surface area contributed by atoms with Crippen molar-refractivity contribution in [3.05, 3.63) is 38.5 Å². The minimum atomic E-state index is 0.260. The molecule has 0 radical (unpaired) electrons. The number of thiophene rings is 1. The first-order chi connectivity index (χ1) is 7.81. The van der Waals surface area contributed by atoms with Crippen LogP contribution in [0.15, 0.2) is 22.2 Å². The van der Waals surface area contributed by atoms with Gasteiger partial charge in [0.2, 0.25) is 0 Å². The van der Waals surface area contributed by atoms with Crippen LogP contribution in [0, 0.1) is 6.92 Å². The normalized spacial score (nSPS) is 12.9. The maximum Gasteiger partial charge on any atom is 0.0898 e. The van der Waals surface area contributed by atoms with Gasteiger partial charge in [-0.05, 0) is 42.3 Å². The summed E-state index contributed by atoms with van der Waals surface area (Å²) < 4.78 is 0. The van der Waals surface area contributed by atoms with Gasteiger partial charge in [0.1, 0.15) is 0 Å². The lowest BCUT2D eigenvalue weighted by Crippen LogP contribution is -2.23. The number of hydrogen-bond donors (Lipinski definition) is 1. The Bertz CT molecular complexity index is 420. The van der Waals surface area contributed by atoms with Crippen molar-refractivity contribution in [3.8, 4) is 0 Å². The summed E-state index contributed by atoms with van der Waals surface area (Å²) in [5.41, 5.74) is 2.47. The molecule has 0 saturated heterocycles. The Morgan fingerprint density at radius 1 is 1.44 bits per heavy atom. The van der Waals surface area contributed by atoms with Gasteiger partial charge in [-0.3, -0.25) is 0 Å². The molecule has 0 aromatic carbocycles. The maximum atomic E-state index is 4.58. The average molecular weight is 252 g/mol. The quantitative estimate of drug-likeness (QED) is 0.879. The van der Waals surface area contributed by atoms with Crippen LogP contribution in [-0.2, 0) is 0 Å².